The minimum atomic E-state index is -0.534. The summed E-state index contributed by atoms with van der Waals surface area (Å²) in [5.74, 6) is -0.978. The lowest BCUT2D eigenvalue weighted by Crippen LogP contribution is -2.02. The Morgan fingerprint density at radius 1 is 1.10 bits per heavy atom. The van der Waals surface area contributed by atoms with E-state index in [1.165, 1.54) is 24.8 Å². The third kappa shape index (κ3) is 3.23. The Bertz CT molecular complexity index is 603. The molecule has 0 aromatic heterocycles. The summed E-state index contributed by atoms with van der Waals surface area (Å²) in [5.41, 5.74) is 3.03. The molecule has 3 heteroatoms. The highest BCUT2D eigenvalue weighted by Crippen LogP contribution is 2.23. The van der Waals surface area contributed by atoms with Crippen LogP contribution in [0.3, 0.4) is 0 Å². The largest absolute Gasteiger partial charge is 0.465 e. The van der Waals surface area contributed by atoms with Gasteiger partial charge in [-0.15, -0.1) is 0 Å². The Morgan fingerprint density at radius 3 is 2.40 bits per heavy atom. The van der Waals surface area contributed by atoms with Crippen molar-refractivity contribution in [2.75, 3.05) is 7.11 Å². The molecular formula is C17H17FO2. The SMILES string of the molecule is CCCc1ccc(-c2cc(F)cc(C(=O)OC)c2)cc1. The Balaban J connectivity index is 2.36. The molecule has 0 amide bonds. The van der Waals surface area contributed by atoms with Crippen LogP contribution in [0.15, 0.2) is 42.5 Å². The van der Waals surface area contributed by atoms with Crippen molar-refractivity contribution in [3.8, 4) is 11.1 Å². The summed E-state index contributed by atoms with van der Waals surface area (Å²) in [6.07, 6.45) is 2.11. The molecule has 0 unspecified atom stereocenters. The van der Waals surface area contributed by atoms with Crippen LogP contribution in [0.25, 0.3) is 11.1 Å². The molecule has 0 radical (unpaired) electrons. The standard InChI is InChI=1S/C17H17FO2/c1-3-4-12-5-7-13(8-6-12)14-9-15(17(19)20-2)11-16(18)10-14/h5-11H,3-4H2,1-2H3. The van der Waals surface area contributed by atoms with Gasteiger partial charge in [-0.1, -0.05) is 37.6 Å². The van der Waals surface area contributed by atoms with E-state index in [0.29, 0.717) is 5.56 Å². The number of halogens is 1. The predicted octanol–water partition coefficient (Wildman–Crippen LogP) is 4.23. The van der Waals surface area contributed by atoms with E-state index in [0.717, 1.165) is 18.4 Å². The van der Waals surface area contributed by atoms with Crippen molar-refractivity contribution in [2.24, 2.45) is 0 Å². The lowest BCUT2D eigenvalue weighted by atomic mass is 10.0. The number of ether oxygens (including phenoxy) is 1. The molecule has 0 aliphatic rings. The van der Waals surface area contributed by atoms with Crippen molar-refractivity contribution in [2.45, 2.75) is 19.8 Å². The van der Waals surface area contributed by atoms with Gasteiger partial charge in [-0.05, 0) is 41.3 Å². The lowest BCUT2D eigenvalue weighted by Gasteiger charge is -2.06. The van der Waals surface area contributed by atoms with E-state index < -0.39 is 11.8 Å². The molecule has 104 valence electrons. The Labute approximate surface area is 118 Å². The van der Waals surface area contributed by atoms with E-state index in [1.54, 1.807) is 6.07 Å². The van der Waals surface area contributed by atoms with Crippen LogP contribution >= 0.6 is 0 Å². The van der Waals surface area contributed by atoms with Crippen molar-refractivity contribution in [3.05, 3.63) is 59.4 Å². The van der Waals surface area contributed by atoms with E-state index in [4.69, 9.17) is 0 Å². The van der Waals surface area contributed by atoms with Gasteiger partial charge < -0.3 is 4.74 Å². The van der Waals surface area contributed by atoms with Crippen LogP contribution in [-0.4, -0.2) is 13.1 Å². The van der Waals surface area contributed by atoms with Gasteiger partial charge in [-0.3, -0.25) is 0 Å². The van der Waals surface area contributed by atoms with Crippen molar-refractivity contribution < 1.29 is 13.9 Å². The second kappa shape index (κ2) is 6.33. The number of rotatable bonds is 4. The van der Waals surface area contributed by atoms with Gasteiger partial charge in [0.15, 0.2) is 0 Å². The summed E-state index contributed by atoms with van der Waals surface area (Å²) in [6.45, 7) is 2.13. The molecule has 0 aliphatic carbocycles. The molecular weight excluding hydrogens is 255 g/mol. The lowest BCUT2D eigenvalue weighted by molar-refractivity contribution is 0.0600. The molecule has 0 N–H and O–H groups in total. The molecule has 2 rings (SSSR count). The first-order chi connectivity index (χ1) is 9.63. The van der Waals surface area contributed by atoms with Crippen LogP contribution in [0, 0.1) is 5.82 Å². The molecule has 0 fully saturated rings. The fourth-order valence-electron chi connectivity index (χ4n) is 2.14. The zero-order valence-corrected chi connectivity index (χ0v) is 11.7. The highest BCUT2D eigenvalue weighted by molar-refractivity contribution is 5.91. The first-order valence-electron chi connectivity index (χ1n) is 6.62. The summed E-state index contributed by atoms with van der Waals surface area (Å²) in [4.78, 5) is 11.5. The summed E-state index contributed by atoms with van der Waals surface area (Å²) in [6, 6.07) is 12.2. The maximum absolute atomic E-state index is 13.6. The fourth-order valence-corrected chi connectivity index (χ4v) is 2.14. The second-order valence-corrected chi connectivity index (χ2v) is 4.67. The average Bonchev–Trinajstić information content (AvgIpc) is 2.47. The molecule has 0 bridgehead atoms. The minimum absolute atomic E-state index is 0.222. The molecule has 2 aromatic carbocycles. The van der Waals surface area contributed by atoms with Gasteiger partial charge >= 0.3 is 5.97 Å². The first kappa shape index (κ1) is 14.3. The summed E-state index contributed by atoms with van der Waals surface area (Å²) in [5, 5.41) is 0. The number of benzene rings is 2. The second-order valence-electron chi connectivity index (χ2n) is 4.67. The van der Waals surface area contributed by atoms with E-state index in [2.05, 4.69) is 11.7 Å². The Hall–Kier alpha value is -2.16. The normalized spacial score (nSPS) is 10.3. The number of aryl methyl sites for hydroxylation is 1. The zero-order chi connectivity index (χ0) is 14.5. The van der Waals surface area contributed by atoms with Crippen molar-refractivity contribution >= 4 is 5.97 Å². The molecule has 20 heavy (non-hydrogen) atoms. The topological polar surface area (TPSA) is 26.3 Å². The van der Waals surface area contributed by atoms with Gasteiger partial charge in [0, 0.05) is 0 Å². The van der Waals surface area contributed by atoms with Crippen LogP contribution in [0.4, 0.5) is 4.39 Å². The van der Waals surface area contributed by atoms with Crippen LogP contribution in [0.2, 0.25) is 0 Å². The Morgan fingerprint density at radius 2 is 1.80 bits per heavy atom. The molecule has 2 nitrogen and oxygen atoms in total. The van der Waals surface area contributed by atoms with Crippen molar-refractivity contribution in [1.29, 1.82) is 0 Å². The minimum Gasteiger partial charge on any atom is -0.465 e. The third-order valence-electron chi connectivity index (χ3n) is 3.14. The average molecular weight is 272 g/mol. The maximum Gasteiger partial charge on any atom is 0.337 e. The van der Waals surface area contributed by atoms with Crippen molar-refractivity contribution in [3.63, 3.8) is 0 Å². The van der Waals surface area contributed by atoms with Gasteiger partial charge in [0.1, 0.15) is 5.82 Å². The molecule has 0 heterocycles. The van der Waals surface area contributed by atoms with Crippen LogP contribution in [-0.2, 0) is 11.2 Å². The van der Waals surface area contributed by atoms with Gasteiger partial charge in [0.25, 0.3) is 0 Å². The summed E-state index contributed by atoms with van der Waals surface area (Å²) >= 11 is 0. The number of carbonyl (C=O) groups is 1. The number of hydrogen-bond donors (Lipinski definition) is 0. The van der Waals surface area contributed by atoms with E-state index in [-0.39, 0.29) is 5.56 Å². The van der Waals surface area contributed by atoms with Crippen LogP contribution < -0.4 is 0 Å². The number of esters is 1. The van der Waals surface area contributed by atoms with E-state index >= 15 is 0 Å². The highest BCUT2D eigenvalue weighted by atomic mass is 19.1. The van der Waals surface area contributed by atoms with Crippen molar-refractivity contribution in [1.82, 2.24) is 0 Å². The molecule has 2 aromatic rings. The number of carbonyl (C=O) groups excluding carboxylic acids is 1. The number of hydrogen-bond acceptors (Lipinski definition) is 2. The van der Waals surface area contributed by atoms with Gasteiger partial charge in [-0.25, -0.2) is 9.18 Å². The van der Waals surface area contributed by atoms with Gasteiger partial charge in [0.05, 0.1) is 12.7 Å². The van der Waals surface area contributed by atoms with E-state index in [9.17, 15) is 9.18 Å². The summed E-state index contributed by atoms with van der Waals surface area (Å²) in [7, 11) is 1.28. The predicted molar refractivity (Wildman–Crippen MR) is 77.2 cm³/mol. The van der Waals surface area contributed by atoms with E-state index in [1.807, 2.05) is 24.3 Å². The third-order valence-corrected chi connectivity index (χ3v) is 3.14. The Kier molecular flexibility index (Phi) is 4.51. The summed E-state index contributed by atoms with van der Waals surface area (Å²) < 4.78 is 18.2. The van der Waals surface area contributed by atoms with Gasteiger partial charge in [-0.2, -0.15) is 0 Å². The van der Waals surface area contributed by atoms with Crippen LogP contribution in [0.5, 0.6) is 0 Å². The van der Waals surface area contributed by atoms with Crippen LogP contribution in [0.1, 0.15) is 29.3 Å². The molecule has 0 saturated heterocycles. The number of methoxy groups -OCH3 is 1. The smallest absolute Gasteiger partial charge is 0.337 e. The molecule has 0 atom stereocenters. The fraction of sp³-hybridized carbons (Fsp3) is 0.235. The molecule has 0 aliphatic heterocycles. The zero-order valence-electron chi connectivity index (χ0n) is 11.7. The quantitative estimate of drug-likeness (QED) is 0.778. The first-order valence-corrected chi connectivity index (χ1v) is 6.62. The molecule has 0 spiro atoms. The highest BCUT2D eigenvalue weighted by Gasteiger charge is 2.10. The van der Waals surface area contributed by atoms with Gasteiger partial charge in [0.2, 0.25) is 0 Å². The monoisotopic (exact) mass is 272 g/mol. The maximum atomic E-state index is 13.6. The molecule has 0 saturated carbocycles.